The second-order valence-electron chi connectivity index (χ2n) is 5.78. The van der Waals surface area contributed by atoms with Crippen LogP contribution in [0.1, 0.15) is 11.1 Å². The predicted octanol–water partition coefficient (Wildman–Crippen LogP) is 4.24. The molecule has 0 bridgehead atoms. The summed E-state index contributed by atoms with van der Waals surface area (Å²) in [7, 11) is 1.67. The van der Waals surface area contributed by atoms with E-state index in [2.05, 4.69) is 31.9 Å². The van der Waals surface area contributed by atoms with Crippen LogP contribution in [0.2, 0.25) is 5.02 Å². The van der Waals surface area contributed by atoms with Gasteiger partial charge in [0.2, 0.25) is 5.95 Å². The molecule has 0 aliphatic heterocycles. The second-order valence-corrected chi connectivity index (χ2v) is 6.21. The fraction of sp³-hybridized carbons (Fsp3) is 0.211. The molecular formula is C19H20ClN5O. The Kier molecular flexibility index (Phi) is 5.86. The summed E-state index contributed by atoms with van der Waals surface area (Å²) in [5.74, 6) is 1.93. The highest BCUT2D eigenvalue weighted by atomic mass is 35.5. The number of benzene rings is 2. The van der Waals surface area contributed by atoms with Crippen molar-refractivity contribution in [1.82, 2.24) is 15.2 Å². The Labute approximate surface area is 157 Å². The number of rotatable bonds is 7. The summed E-state index contributed by atoms with van der Waals surface area (Å²) < 4.78 is 5.24. The van der Waals surface area contributed by atoms with Crippen LogP contribution in [-0.4, -0.2) is 28.8 Å². The molecule has 1 aromatic heterocycles. The number of halogens is 1. The third-order valence-electron chi connectivity index (χ3n) is 3.86. The van der Waals surface area contributed by atoms with Crippen LogP contribution in [0.25, 0.3) is 0 Å². The maximum absolute atomic E-state index is 6.04. The molecule has 0 radical (unpaired) electrons. The zero-order chi connectivity index (χ0) is 18.4. The molecule has 3 rings (SSSR count). The van der Waals surface area contributed by atoms with E-state index in [0.29, 0.717) is 16.8 Å². The Balaban J connectivity index is 1.61. The average Bonchev–Trinajstić information content (AvgIpc) is 2.65. The fourth-order valence-electron chi connectivity index (χ4n) is 2.45. The number of anilines is 3. The number of ether oxygens (including phenoxy) is 1. The molecular weight excluding hydrogens is 350 g/mol. The zero-order valence-electron chi connectivity index (χ0n) is 14.7. The van der Waals surface area contributed by atoms with Gasteiger partial charge in [0.15, 0.2) is 5.82 Å². The van der Waals surface area contributed by atoms with Crippen molar-refractivity contribution in [1.29, 1.82) is 0 Å². The normalized spacial score (nSPS) is 10.4. The highest BCUT2D eigenvalue weighted by molar-refractivity contribution is 6.30. The SMILES string of the molecule is COc1cccc(CCNc2cnnc(Nc3cc(Cl)ccc3C)n2)c1. The van der Waals surface area contributed by atoms with Crippen LogP contribution in [0.5, 0.6) is 5.75 Å². The Hall–Kier alpha value is -2.86. The molecule has 0 aliphatic carbocycles. The van der Waals surface area contributed by atoms with E-state index in [0.717, 1.165) is 30.0 Å². The first-order valence-electron chi connectivity index (χ1n) is 8.24. The molecule has 6 nitrogen and oxygen atoms in total. The summed E-state index contributed by atoms with van der Waals surface area (Å²) in [5.41, 5.74) is 3.09. The molecule has 0 aliphatic rings. The minimum Gasteiger partial charge on any atom is -0.497 e. The molecule has 0 saturated heterocycles. The van der Waals surface area contributed by atoms with E-state index in [-0.39, 0.29) is 0 Å². The third-order valence-corrected chi connectivity index (χ3v) is 4.09. The highest BCUT2D eigenvalue weighted by Gasteiger charge is 2.05. The minimum atomic E-state index is 0.418. The first-order valence-corrected chi connectivity index (χ1v) is 8.61. The van der Waals surface area contributed by atoms with Gasteiger partial charge in [-0.1, -0.05) is 29.8 Å². The van der Waals surface area contributed by atoms with Crippen LogP contribution in [0.15, 0.2) is 48.7 Å². The summed E-state index contributed by atoms with van der Waals surface area (Å²) in [6, 6.07) is 13.6. The van der Waals surface area contributed by atoms with Crippen molar-refractivity contribution in [2.75, 3.05) is 24.3 Å². The number of aromatic nitrogens is 3. The molecule has 134 valence electrons. The van der Waals surface area contributed by atoms with Gasteiger partial charge in [0, 0.05) is 17.3 Å². The summed E-state index contributed by atoms with van der Waals surface area (Å²) in [6.45, 7) is 2.71. The summed E-state index contributed by atoms with van der Waals surface area (Å²) in [5, 5.41) is 15.1. The van der Waals surface area contributed by atoms with Crippen molar-refractivity contribution in [3.05, 3.63) is 64.8 Å². The van der Waals surface area contributed by atoms with E-state index in [1.165, 1.54) is 5.56 Å². The fourth-order valence-corrected chi connectivity index (χ4v) is 2.63. The summed E-state index contributed by atoms with van der Waals surface area (Å²) in [6.07, 6.45) is 2.44. The van der Waals surface area contributed by atoms with Gasteiger partial charge < -0.3 is 15.4 Å². The van der Waals surface area contributed by atoms with Crippen LogP contribution in [0.3, 0.4) is 0 Å². The van der Waals surface area contributed by atoms with Gasteiger partial charge in [-0.15, -0.1) is 5.10 Å². The van der Waals surface area contributed by atoms with E-state index in [9.17, 15) is 0 Å². The van der Waals surface area contributed by atoms with Gasteiger partial charge in [0.1, 0.15) is 5.75 Å². The first-order chi connectivity index (χ1) is 12.6. The van der Waals surface area contributed by atoms with Crippen molar-refractivity contribution in [2.24, 2.45) is 0 Å². The molecule has 26 heavy (non-hydrogen) atoms. The van der Waals surface area contributed by atoms with Crippen molar-refractivity contribution in [2.45, 2.75) is 13.3 Å². The minimum absolute atomic E-state index is 0.418. The Morgan fingerprint density at radius 1 is 1.15 bits per heavy atom. The monoisotopic (exact) mass is 369 g/mol. The largest absolute Gasteiger partial charge is 0.497 e. The smallest absolute Gasteiger partial charge is 0.249 e. The topological polar surface area (TPSA) is 72.0 Å². The first kappa shape index (κ1) is 17.9. The molecule has 0 fully saturated rings. The van der Waals surface area contributed by atoms with Crippen LogP contribution in [0, 0.1) is 6.92 Å². The molecule has 2 N–H and O–H groups in total. The van der Waals surface area contributed by atoms with Crippen LogP contribution in [-0.2, 0) is 6.42 Å². The van der Waals surface area contributed by atoms with Gasteiger partial charge in [0.25, 0.3) is 0 Å². The molecule has 0 spiro atoms. The second kappa shape index (κ2) is 8.49. The highest BCUT2D eigenvalue weighted by Crippen LogP contribution is 2.22. The predicted molar refractivity (Wildman–Crippen MR) is 104 cm³/mol. The van der Waals surface area contributed by atoms with Gasteiger partial charge >= 0.3 is 0 Å². The summed E-state index contributed by atoms with van der Waals surface area (Å²) in [4.78, 5) is 4.44. The van der Waals surface area contributed by atoms with Crippen molar-refractivity contribution in [3.8, 4) is 5.75 Å². The Bertz CT molecular complexity index is 887. The molecule has 0 unspecified atom stereocenters. The van der Waals surface area contributed by atoms with Crippen LogP contribution >= 0.6 is 11.6 Å². The van der Waals surface area contributed by atoms with Gasteiger partial charge in [-0.2, -0.15) is 10.1 Å². The Morgan fingerprint density at radius 2 is 2.04 bits per heavy atom. The number of hydrogen-bond acceptors (Lipinski definition) is 6. The van der Waals surface area contributed by atoms with Crippen molar-refractivity contribution in [3.63, 3.8) is 0 Å². The lowest BCUT2D eigenvalue weighted by molar-refractivity contribution is 0.414. The van der Waals surface area contributed by atoms with Gasteiger partial charge in [0.05, 0.1) is 13.3 Å². The molecule has 0 atom stereocenters. The van der Waals surface area contributed by atoms with E-state index in [1.54, 1.807) is 13.3 Å². The van der Waals surface area contributed by atoms with E-state index in [4.69, 9.17) is 16.3 Å². The molecule has 1 heterocycles. The van der Waals surface area contributed by atoms with E-state index >= 15 is 0 Å². The maximum Gasteiger partial charge on any atom is 0.249 e. The number of nitrogens with one attached hydrogen (secondary N) is 2. The third kappa shape index (κ3) is 4.83. The van der Waals surface area contributed by atoms with Gasteiger partial charge in [-0.25, -0.2) is 0 Å². The van der Waals surface area contributed by atoms with E-state index < -0.39 is 0 Å². The number of aryl methyl sites for hydroxylation is 1. The molecule has 2 aromatic carbocycles. The lowest BCUT2D eigenvalue weighted by Crippen LogP contribution is -2.09. The molecule has 0 amide bonds. The molecule has 3 aromatic rings. The van der Waals surface area contributed by atoms with Crippen LogP contribution in [0.4, 0.5) is 17.5 Å². The molecule has 7 heteroatoms. The number of methoxy groups -OCH3 is 1. The standard InChI is InChI=1S/C19H20ClN5O/c1-13-6-7-15(20)11-17(13)23-19-24-18(12-22-25-19)21-9-8-14-4-3-5-16(10-14)26-2/h3-7,10-12H,8-9H2,1-2H3,(H2,21,23,24,25). The van der Waals surface area contributed by atoms with Gasteiger partial charge in [-0.3, -0.25) is 0 Å². The lowest BCUT2D eigenvalue weighted by Gasteiger charge is -2.10. The van der Waals surface area contributed by atoms with E-state index in [1.807, 2.05) is 43.3 Å². The molecule has 0 saturated carbocycles. The number of hydrogen-bond donors (Lipinski definition) is 2. The van der Waals surface area contributed by atoms with Crippen molar-refractivity contribution >= 4 is 29.1 Å². The van der Waals surface area contributed by atoms with Crippen LogP contribution < -0.4 is 15.4 Å². The lowest BCUT2D eigenvalue weighted by atomic mass is 10.1. The van der Waals surface area contributed by atoms with Crippen molar-refractivity contribution < 1.29 is 4.74 Å². The average molecular weight is 370 g/mol. The Morgan fingerprint density at radius 3 is 2.88 bits per heavy atom. The number of nitrogens with zero attached hydrogens (tertiary/aromatic N) is 3. The summed E-state index contributed by atoms with van der Waals surface area (Å²) >= 11 is 6.04. The zero-order valence-corrected chi connectivity index (χ0v) is 15.4. The van der Waals surface area contributed by atoms with Gasteiger partial charge in [-0.05, 0) is 48.7 Å². The quantitative estimate of drug-likeness (QED) is 0.649. The maximum atomic E-state index is 6.04.